The number of methoxy groups -OCH3 is 3. The lowest BCUT2D eigenvalue weighted by molar-refractivity contribution is 0.102. The second-order valence-electron chi connectivity index (χ2n) is 6.42. The predicted molar refractivity (Wildman–Crippen MR) is 103 cm³/mol. The summed E-state index contributed by atoms with van der Waals surface area (Å²) in [6.07, 6.45) is 4.99. The maximum absolute atomic E-state index is 12.6. The van der Waals surface area contributed by atoms with E-state index in [2.05, 4.69) is 5.32 Å². The van der Waals surface area contributed by atoms with Crippen LogP contribution < -0.4 is 24.3 Å². The summed E-state index contributed by atoms with van der Waals surface area (Å²) in [5.74, 6) is 1.88. The van der Waals surface area contributed by atoms with Crippen molar-refractivity contribution >= 4 is 11.6 Å². The van der Waals surface area contributed by atoms with Crippen molar-refractivity contribution < 1.29 is 23.7 Å². The Kier molecular flexibility index (Phi) is 6.06. The van der Waals surface area contributed by atoms with Gasteiger partial charge in [-0.3, -0.25) is 4.79 Å². The molecule has 6 heteroatoms. The summed E-state index contributed by atoms with van der Waals surface area (Å²) in [6, 6.07) is 10.7. The maximum Gasteiger partial charge on any atom is 0.255 e. The number of benzene rings is 2. The van der Waals surface area contributed by atoms with Crippen LogP contribution in [0.5, 0.6) is 23.0 Å². The number of amides is 1. The highest BCUT2D eigenvalue weighted by Gasteiger charge is 2.18. The van der Waals surface area contributed by atoms with Gasteiger partial charge in [-0.05, 0) is 62.1 Å². The van der Waals surface area contributed by atoms with Gasteiger partial charge < -0.3 is 24.3 Å². The van der Waals surface area contributed by atoms with Gasteiger partial charge in [0.1, 0.15) is 5.75 Å². The Labute approximate surface area is 159 Å². The SMILES string of the molecule is COc1cc(C(=O)Nc2ccc(OC3CCCC3)cc2)cc(OC)c1OC. The number of hydrogen-bond donors (Lipinski definition) is 1. The molecule has 0 atom stereocenters. The molecule has 2 aromatic carbocycles. The highest BCUT2D eigenvalue weighted by Crippen LogP contribution is 2.38. The van der Waals surface area contributed by atoms with E-state index in [0.717, 1.165) is 18.6 Å². The molecular weight excluding hydrogens is 346 g/mol. The molecule has 3 rings (SSSR count). The van der Waals surface area contributed by atoms with Gasteiger partial charge in [0.2, 0.25) is 5.75 Å². The Morgan fingerprint density at radius 1 is 0.926 bits per heavy atom. The van der Waals surface area contributed by atoms with E-state index in [4.69, 9.17) is 18.9 Å². The van der Waals surface area contributed by atoms with Crippen LogP contribution in [0.15, 0.2) is 36.4 Å². The first-order valence-electron chi connectivity index (χ1n) is 9.02. The Morgan fingerprint density at radius 2 is 1.52 bits per heavy atom. The molecule has 0 heterocycles. The van der Waals surface area contributed by atoms with Gasteiger partial charge in [-0.1, -0.05) is 0 Å². The van der Waals surface area contributed by atoms with E-state index in [9.17, 15) is 4.79 Å². The number of nitrogens with one attached hydrogen (secondary N) is 1. The average molecular weight is 371 g/mol. The van der Waals surface area contributed by atoms with Crippen molar-refractivity contribution in [2.24, 2.45) is 0 Å². The van der Waals surface area contributed by atoms with E-state index in [1.807, 2.05) is 24.3 Å². The first kappa shape index (κ1) is 18.9. The zero-order valence-corrected chi connectivity index (χ0v) is 15.9. The molecule has 0 aliphatic heterocycles. The van der Waals surface area contributed by atoms with E-state index in [1.165, 1.54) is 34.2 Å². The molecule has 1 amide bonds. The second kappa shape index (κ2) is 8.66. The molecule has 1 aliphatic carbocycles. The van der Waals surface area contributed by atoms with Crippen LogP contribution in [-0.2, 0) is 0 Å². The molecule has 0 saturated heterocycles. The quantitative estimate of drug-likeness (QED) is 0.787. The lowest BCUT2D eigenvalue weighted by atomic mass is 10.1. The van der Waals surface area contributed by atoms with E-state index in [1.54, 1.807) is 12.1 Å². The number of carbonyl (C=O) groups is 1. The van der Waals surface area contributed by atoms with Crippen molar-refractivity contribution in [2.75, 3.05) is 26.6 Å². The Hall–Kier alpha value is -2.89. The topological polar surface area (TPSA) is 66.0 Å². The minimum absolute atomic E-state index is 0.265. The van der Waals surface area contributed by atoms with Gasteiger partial charge in [-0.25, -0.2) is 0 Å². The molecule has 0 bridgehead atoms. The fourth-order valence-electron chi connectivity index (χ4n) is 3.23. The number of carbonyl (C=O) groups excluding carboxylic acids is 1. The van der Waals surface area contributed by atoms with Crippen molar-refractivity contribution in [2.45, 2.75) is 31.8 Å². The minimum Gasteiger partial charge on any atom is -0.493 e. The van der Waals surface area contributed by atoms with Crippen LogP contribution in [0.2, 0.25) is 0 Å². The largest absolute Gasteiger partial charge is 0.493 e. The first-order chi connectivity index (χ1) is 13.1. The van der Waals surface area contributed by atoms with Gasteiger partial charge in [0.25, 0.3) is 5.91 Å². The fourth-order valence-corrected chi connectivity index (χ4v) is 3.23. The first-order valence-corrected chi connectivity index (χ1v) is 9.02. The van der Waals surface area contributed by atoms with Crippen molar-refractivity contribution in [1.29, 1.82) is 0 Å². The molecule has 1 N–H and O–H groups in total. The van der Waals surface area contributed by atoms with Crippen LogP contribution in [0, 0.1) is 0 Å². The molecule has 27 heavy (non-hydrogen) atoms. The molecule has 0 radical (unpaired) electrons. The Bertz CT molecular complexity index is 757. The zero-order valence-electron chi connectivity index (χ0n) is 15.9. The summed E-state index contributed by atoms with van der Waals surface area (Å²) in [6.45, 7) is 0. The van der Waals surface area contributed by atoms with Crippen LogP contribution in [0.1, 0.15) is 36.0 Å². The average Bonchev–Trinajstić information content (AvgIpc) is 3.21. The van der Waals surface area contributed by atoms with Crippen LogP contribution >= 0.6 is 0 Å². The normalized spacial score (nSPS) is 13.9. The summed E-state index contributed by atoms with van der Waals surface area (Å²) < 4.78 is 21.8. The smallest absolute Gasteiger partial charge is 0.255 e. The molecule has 0 aromatic heterocycles. The number of hydrogen-bond acceptors (Lipinski definition) is 5. The van der Waals surface area contributed by atoms with E-state index < -0.39 is 0 Å². The molecule has 1 fully saturated rings. The lowest BCUT2D eigenvalue weighted by Crippen LogP contribution is -2.13. The number of rotatable bonds is 7. The molecule has 2 aromatic rings. The van der Waals surface area contributed by atoms with Crippen molar-refractivity contribution in [1.82, 2.24) is 0 Å². The summed E-state index contributed by atoms with van der Waals surface area (Å²) >= 11 is 0. The van der Waals surface area contributed by atoms with Crippen molar-refractivity contribution in [3.8, 4) is 23.0 Å². The molecular formula is C21H25NO5. The highest BCUT2D eigenvalue weighted by atomic mass is 16.5. The van der Waals surface area contributed by atoms with Gasteiger partial charge in [-0.2, -0.15) is 0 Å². The van der Waals surface area contributed by atoms with Gasteiger partial charge in [0.05, 0.1) is 27.4 Å². The van der Waals surface area contributed by atoms with Gasteiger partial charge in [0, 0.05) is 11.3 Å². The standard InChI is InChI=1S/C21H25NO5/c1-24-18-12-14(13-19(25-2)20(18)26-3)21(23)22-15-8-10-17(11-9-15)27-16-6-4-5-7-16/h8-13,16H,4-7H2,1-3H3,(H,22,23). The van der Waals surface area contributed by atoms with E-state index >= 15 is 0 Å². The van der Waals surface area contributed by atoms with Crippen LogP contribution in [0.4, 0.5) is 5.69 Å². The predicted octanol–water partition coefficient (Wildman–Crippen LogP) is 4.29. The van der Waals surface area contributed by atoms with Gasteiger partial charge >= 0.3 is 0 Å². The zero-order chi connectivity index (χ0) is 19.2. The maximum atomic E-state index is 12.6. The molecule has 144 valence electrons. The highest BCUT2D eigenvalue weighted by molar-refractivity contribution is 6.05. The van der Waals surface area contributed by atoms with Crippen molar-refractivity contribution in [3.63, 3.8) is 0 Å². The van der Waals surface area contributed by atoms with Gasteiger partial charge in [0.15, 0.2) is 11.5 Å². The van der Waals surface area contributed by atoms with E-state index in [-0.39, 0.29) is 5.91 Å². The van der Waals surface area contributed by atoms with Crippen LogP contribution in [-0.4, -0.2) is 33.3 Å². The Morgan fingerprint density at radius 3 is 2.04 bits per heavy atom. The van der Waals surface area contributed by atoms with E-state index in [0.29, 0.717) is 34.6 Å². The van der Waals surface area contributed by atoms with Gasteiger partial charge in [-0.15, -0.1) is 0 Å². The van der Waals surface area contributed by atoms with Crippen molar-refractivity contribution in [3.05, 3.63) is 42.0 Å². The minimum atomic E-state index is -0.265. The molecule has 0 unspecified atom stereocenters. The molecule has 1 saturated carbocycles. The lowest BCUT2D eigenvalue weighted by Gasteiger charge is -2.15. The second-order valence-corrected chi connectivity index (χ2v) is 6.42. The third-order valence-corrected chi connectivity index (χ3v) is 4.64. The molecule has 6 nitrogen and oxygen atoms in total. The number of ether oxygens (including phenoxy) is 4. The summed E-state index contributed by atoms with van der Waals surface area (Å²) in [7, 11) is 4.55. The molecule has 0 spiro atoms. The molecule has 1 aliphatic rings. The third-order valence-electron chi connectivity index (χ3n) is 4.64. The summed E-state index contributed by atoms with van der Waals surface area (Å²) in [4.78, 5) is 12.6. The fraction of sp³-hybridized carbons (Fsp3) is 0.381. The number of anilines is 1. The monoisotopic (exact) mass is 371 g/mol. The summed E-state index contributed by atoms with van der Waals surface area (Å²) in [5.41, 5.74) is 1.10. The summed E-state index contributed by atoms with van der Waals surface area (Å²) in [5, 5.41) is 2.87. The third kappa shape index (κ3) is 4.45. The van der Waals surface area contributed by atoms with Crippen LogP contribution in [0.3, 0.4) is 0 Å². The Balaban J connectivity index is 1.71. The van der Waals surface area contributed by atoms with Crippen LogP contribution in [0.25, 0.3) is 0 Å².